The van der Waals surface area contributed by atoms with Crippen molar-refractivity contribution in [1.29, 1.82) is 0 Å². The highest BCUT2D eigenvalue weighted by molar-refractivity contribution is 7.84. The van der Waals surface area contributed by atoms with Crippen molar-refractivity contribution in [3.05, 3.63) is 23.6 Å². The Balaban J connectivity index is 2.36. The van der Waals surface area contributed by atoms with Crippen molar-refractivity contribution in [1.82, 2.24) is 9.29 Å². The summed E-state index contributed by atoms with van der Waals surface area (Å²) in [6.07, 6.45) is 2.91. The van der Waals surface area contributed by atoms with Crippen molar-refractivity contribution < 1.29 is 13.3 Å². The molecular formula is C14H21FN2O2S. The Labute approximate surface area is 121 Å². The Morgan fingerprint density at radius 3 is 2.80 bits per heavy atom. The number of hydrogen-bond donors (Lipinski definition) is 0. The van der Waals surface area contributed by atoms with E-state index in [1.807, 2.05) is 25.1 Å². The molecule has 112 valence electrons. The van der Waals surface area contributed by atoms with E-state index in [1.54, 1.807) is 0 Å². The van der Waals surface area contributed by atoms with Crippen LogP contribution in [-0.2, 0) is 11.0 Å². The predicted molar refractivity (Wildman–Crippen MR) is 77.3 cm³/mol. The second kappa shape index (κ2) is 5.77. The van der Waals surface area contributed by atoms with Crippen LogP contribution in [0.3, 0.4) is 0 Å². The quantitative estimate of drug-likeness (QED) is 0.862. The summed E-state index contributed by atoms with van der Waals surface area (Å²) in [7, 11) is 0.385. The molecule has 0 amide bonds. The number of nitrogens with zero attached hydrogens (tertiary/aromatic N) is 2. The number of pyridine rings is 1. The number of aromatic nitrogens is 1. The fourth-order valence-electron chi connectivity index (χ4n) is 2.45. The molecule has 0 aromatic carbocycles. The summed E-state index contributed by atoms with van der Waals surface area (Å²) < 4.78 is 32.9. The molecule has 0 aliphatic carbocycles. The molecule has 0 N–H and O–H groups in total. The van der Waals surface area contributed by atoms with E-state index in [2.05, 4.69) is 4.98 Å². The van der Waals surface area contributed by atoms with Crippen LogP contribution < -0.4 is 4.74 Å². The highest BCUT2D eigenvalue weighted by Crippen LogP contribution is 2.39. The Kier molecular flexibility index (Phi) is 4.44. The van der Waals surface area contributed by atoms with E-state index in [4.69, 9.17) is 4.74 Å². The third-order valence-electron chi connectivity index (χ3n) is 3.34. The second-order valence-corrected chi connectivity index (χ2v) is 8.10. The molecular weight excluding hydrogens is 279 g/mol. The molecule has 1 unspecified atom stereocenters. The van der Waals surface area contributed by atoms with Crippen molar-refractivity contribution in [2.75, 3.05) is 13.7 Å². The van der Waals surface area contributed by atoms with Crippen LogP contribution >= 0.6 is 0 Å². The number of ether oxygens (including phenoxy) is 1. The smallest absolute Gasteiger partial charge is 0.218 e. The number of halogens is 1. The summed E-state index contributed by atoms with van der Waals surface area (Å²) in [5.74, 6) is 0.0170. The maximum absolute atomic E-state index is 13.5. The Bertz CT molecular complexity index is 516. The van der Waals surface area contributed by atoms with Gasteiger partial charge in [0.1, 0.15) is 16.8 Å². The van der Waals surface area contributed by atoms with E-state index in [-0.39, 0.29) is 10.8 Å². The minimum Gasteiger partial charge on any atom is -0.481 e. The van der Waals surface area contributed by atoms with Gasteiger partial charge < -0.3 is 4.74 Å². The predicted octanol–water partition coefficient (Wildman–Crippen LogP) is 2.83. The molecule has 0 radical (unpaired) electrons. The third-order valence-corrected chi connectivity index (χ3v) is 5.25. The lowest BCUT2D eigenvalue weighted by Gasteiger charge is -2.30. The summed E-state index contributed by atoms with van der Waals surface area (Å²) >= 11 is 0. The van der Waals surface area contributed by atoms with E-state index in [9.17, 15) is 8.60 Å². The van der Waals surface area contributed by atoms with Crippen LogP contribution in [0.15, 0.2) is 12.3 Å². The summed E-state index contributed by atoms with van der Waals surface area (Å²) in [6.45, 7) is 6.58. The normalized spacial score (nSPS) is 21.9. The van der Waals surface area contributed by atoms with Gasteiger partial charge in [-0.1, -0.05) is 0 Å². The van der Waals surface area contributed by atoms with Crippen LogP contribution in [0, 0.1) is 5.82 Å². The van der Waals surface area contributed by atoms with Gasteiger partial charge in [0.15, 0.2) is 0 Å². The molecule has 1 aromatic heterocycles. The Morgan fingerprint density at radius 1 is 1.50 bits per heavy atom. The molecule has 1 aromatic rings. The average molecular weight is 300 g/mol. The monoisotopic (exact) mass is 300 g/mol. The van der Waals surface area contributed by atoms with Crippen LogP contribution in [0.5, 0.6) is 5.88 Å². The molecule has 6 heteroatoms. The molecule has 1 aliphatic rings. The third kappa shape index (κ3) is 3.01. The van der Waals surface area contributed by atoms with E-state index in [0.717, 1.165) is 25.6 Å². The molecule has 2 atom stereocenters. The highest BCUT2D eigenvalue weighted by Gasteiger charge is 2.37. The number of methoxy groups -OCH3 is 1. The lowest BCUT2D eigenvalue weighted by atomic mass is 10.1. The van der Waals surface area contributed by atoms with Gasteiger partial charge in [0.2, 0.25) is 5.88 Å². The zero-order chi connectivity index (χ0) is 14.9. The van der Waals surface area contributed by atoms with Gasteiger partial charge in [0.25, 0.3) is 0 Å². The molecule has 0 spiro atoms. The SMILES string of the molecule is COc1ncc(F)cc1[C@@H]1CCCN1S(=O)C(C)(C)C. The fourth-order valence-corrected chi connectivity index (χ4v) is 3.90. The molecule has 4 nitrogen and oxygen atoms in total. The van der Waals surface area contributed by atoms with Crippen LogP contribution in [0.4, 0.5) is 4.39 Å². The number of rotatable bonds is 3. The summed E-state index contributed by atoms with van der Waals surface area (Å²) in [5.41, 5.74) is 0.683. The molecule has 2 heterocycles. The number of hydrogen-bond acceptors (Lipinski definition) is 3. The van der Waals surface area contributed by atoms with Crippen LogP contribution in [0.1, 0.15) is 45.2 Å². The molecule has 1 aliphatic heterocycles. The van der Waals surface area contributed by atoms with E-state index in [1.165, 1.54) is 13.2 Å². The Hall–Kier alpha value is -1.01. The first-order valence-corrected chi connectivity index (χ1v) is 7.83. The van der Waals surface area contributed by atoms with E-state index < -0.39 is 16.8 Å². The van der Waals surface area contributed by atoms with Gasteiger partial charge in [0.05, 0.1) is 24.1 Å². The molecule has 2 rings (SSSR count). The minimum atomic E-state index is -1.13. The van der Waals surface area contributed by atoms with Crippen molar-refractivity contribution in [2.45, 2.75) is 44.4 Å². The second-order valence-electron chi connectivity index (χ2n) is 5.91. The summed E-state index contributed by atoms with van der Waals surface area (Å²) in [5, 5.41) is 0. The maximum atomic E-state index is 13.5. The van der Waals surface area contributed by atoms with Crippen LogP contribution in [-0.4, -0.2) is 31.9 Å². The van der Waals surface area contributed by atoms with Gasteiger partial charge in [-0.05, 0) is 39.7 Å². The van der Waals surface area contributed by atoms with E-state index >= 15 is 0 Å². The molecule has 0 saturated carbocycles. The first-order chi connectivity index (χ1) is 9.34. The first kappa shape index (κ1) is 15.4. The van der Waals surface area contributed by atoms with Crippen molar-refractivity contribution >= 4 is 11.0 Å². The van der Waals surface area contributed by atoms with Gasteiger partial charge in [-0.25, -0.2) is 17.9 Å². The zero-order valence-corrected chi connectivity index (χ0v) is 13.2. The van der Waals surface area contributed by atoms with Gasteiger partial charge in [-0.2, -0.15) is 0 Å². The summed E-state index contributed by atoms with van der Waals surface area (Å²) in [6, 6.07) is 1.34. The molecule has 20 heavy (non-hydrogen) atoms. The van der Waals surface area contributed by atoms with Gasteiger partial charge in [0, 0.05) is 12.1 Å². The van der Waals surface area contributed by atoms with Crippen LogP contribution in [0.25, 0.3) is 0 Å². The topological polar surface area (TPSA) is 42.4 Å². The minimum absolute atomic E-state index is 0.104. The van der Waals surface area contributed by atoms with Crippen molar-refractivity contribution in [2.24, 2.45) is 0 Å². The lowest BCUT2D eigenvalue weighted by molar-refractivity contribution is 0.360. The van der Waals surface area contributed by atoms with Gasteiger partial charge >= 0.3 is 0 Å². The van der Waals surface area contributed by atoms with Crippen molar-refractivity contribution in [3.8, 4) is 5.88 Å². The largest absolute Gasteiger partial charge is 0.481 e. The molecule has 0 bridgehead atoms. The average Bonchev–Trinajstić information content (AvgIpc) is 2.85. The van der Waals surface area contributed by atoms with E-state index in [0.29, 0.717) is 11.4 Å². The maximum Gasteiger partial charge on any atom is 0.218 e. The van der Waals surface area contributed by atoms with Crippen molar-refractivity contribution in [3.63, 3.8) is 0 Å². The highest BCUT2D eigenvalue weighted by atomic mass is 32.2. The summed E-state index contributed by atoms with van der Waals surface area (Å²) in [4.78, 5) is 3.97. The van der Waals surface area contributed by atoms with Crippen LogP contribution in [0.2, 0.25) is 0 Å². The van der Waals surface area contributed by atoms with Gasteiger partial charge in [-0.15, -0.1) is 0 Å². The van der Waals surface area contributed by atoms with Gasteiger partial charge in [-0.3, -0.25) is 0 Å². The first-order valence-electron chi connectivity index (χ1n) is 6.72. The standard InChI is InChI=1S/C14H21FN2O2S/c1-14(2,3)20(18)17-7-5-6-12(17)11-8-10(15)9-16-13(11)19-4/h8-9,12H,5-7H2,1-4H3/t12-,20?/m0/s1. The lowest BCUT2D eigenvalue weighted by Crippen LogP contribution is -2.37. The fraction of sp³-hybridized carbons (Fsp3) is 0.643. The Morgan fingerprint density at radius 2 is 2.20 bits per heavy atom. The zero-order valence-electron chi connectivity index (χ0n) is 12.4. The molecule has 1 fully saturated rings. The molecule has 1 saturated heterocycles.